The Morgan fingerprint density at radius 1 is 1.07 bits per heavy atom. The Bertz CT molecular complexity index is 1100. The number of ether oxygens (including phenoxy) is 1. The van der Waals surface area contributed by atoms with Gasteiger partial charge in [-0.3, -0.25) is 0 Å². The van der Waals surface area contributed by atoms with Crippen molar-refractivity contribution in [3.05, 3.63) is 65.2 Å². The average molecular weight is 438 g/mol. The van der Waals surface area contributed by atoms with Crippen molar-refractivity contribution in [2.24, 2.45) is 0 Å². The molecule has 2 aromatic carbocycles. The van der Waals surface area contributed by atoms with Gasteiger partial charge in [0.05, 0.1) is 12.2 Å². The Kier molecular flexibility index (Phi) is 6.50. The number of rotatable bonds is 8. The van der Waals surface area contributed by atoms with Gasteiger partial charge >= 0.3 is 0 Å². The molecular weight excluding hydrogens is 414 g/mol. The summed E-state index contributed by atoms with van der Waals surface area (Å²) in [6.07, 6.45) is 1.92. The minimum atomic E-state index is 0.469. The number of benzene rings is 2. The van der Waals surface area contributed by atoms with Gasteiger partial charge in [0.25, 0.3) is 11.1 Å². The molecule has 4 aromatic rings. The number of hydrogen-bond acceptors (Lipinski definition) is 7. The predicted molar refractivity (Wildman–Crippen MR) is 122 cm³/mol. The summed E-state index contributed by atoms with van der Waals surface area (Å²) in [5, 5.41) is 9.92. The minimum Gasteiger partial charge on any atom is -0.493 e. The second-order valence-corrected chi connectivity index (χ2v) is 9.04. The molecule has 0 aliphatic rings. The third kappa shape index (κ3) is 4.74. The summed E-state index contributed by atoms with van der Waals surface area (Å²) in [7, 11) is 0. The van der Waals surface area contributed by atoms with Crippen LogP contribution in [0.1, 0.15) is 37.1 Å². The quantitative estimate of drug-likeness (QED) is 0.287. The fourth-order valence-electron chi connectivity index (χ4n) is 2.95. The lowest BCUT2D eigenvalue weighted by Crippen LogP contribution is -1.93. The SMILES string of the molecule is CCOc1ccccc1-c1nnc(SCc2cnc(-c3ccc(C(C)C)cc3)s2)o1. The molecule has 0 radical (unpaired) electrons. The monoisotopic (exact) mass is 437 g/mol. The maximum Gasteiger partial charge on any atom is 0.277 e. The van der Waals surface area contributed by atoms with Crippen molar-refractivity contribution in [2.45, 2.75) is 37.7 Å². The summed E-state index contributed by atoms with van der Waals surface area (Å²) in [6, 6.07) is 16.3. The molecule has 0 saturated carbocycles. The Labute approximate surface area is 184 Å². The largest absolute Gasteiger partial charge is 0.493 e. The van der Waals surface area contributed by atoms with Gasteiger partial charge in [-0.2, -0.15) is 0 Å². The first kappa shape index (κ1) is 20.6. The summed E-state index contributed by atoms with van der Waals surface area (Å²) in [5.41, 5.74) is 3.29. The van der Waals surface area contributed by atoms with Crippen molar-refractivity contribution in [3.8, 4) is 27.8 Å². The van der Waals surface area contributed by atoms with Gasteiger partial charge in [0, 0.05) is 22.4 Å². The molecule has 2 aromatic heterocycles. The lowest BCUT2D eigenvalue weighted by atomic mass is 10.0. The fourth-order valence-corrected chi connectivity index (χ4v) is 4.66. The lowest BCUT2D eigenvalue weighted by Gasteiger charge is -2.05. The van der Waals surface area contributed by atoms with E-state index in [2.05, 4.69) is 53.3 Å². The first-order chi connectivity index (χ1) is 14.6. The maximum absolute atomic E-state index is 5.85. The molecule has 2 heterocycles. The molecule has 0 aliphatic carbocycles. The number of para-hydroxylation sites is 1. The van der Waals surface area contributed by atoms with Gasteiger partial charge in [-0.25, -0.2) is 4.98 Å². The van der Waals surface area contributed by atoms with Crippen LogP contribution in [0.2, 0.25) is 0 Å². The molecular formula is C23H23N3O2S2. The van der Waals surface area contributed by atoms with Crippen molar-refractivity contribution >= 4 is 23.1 Å². The van der Waals surface area contributed by atoms with Crippen LogP contribution in [0.3, 0.4) is 0 Å². The highest BCUT2D eigenvalue weighted by Crippen LogP contribution is 2.33. The topological polar surface area (TPSA) is 61.0 Å². The molecule has 0 saturated heterocycles. The highest BCUT2D eigenvalue weighted by molar-refractivity contribution is 7.98. The summed E-state index contributed by atoms with van der Waals surface area (Å²) >= 11 is 3.20. The van der Waals surface area contributed by atoms with Gasteiger partial charge in [0.15, 0.2) is 0 Å². The second-order valence-electron chi connectivity index (χ2n) is 7.00. The van der Waals surface area contributed by atoms with Crippen molar-refractivity contribution < 1.29 is 9.15 Å². The molecule has 7 heteroatoms. The Morgan fingerprint density at radius 2 is 1.87 bits per heavy atom. The molecule has 0 amide bonds. The molecule has 0 unspecified atom stereocenters. The van der Waals surface area contributed by atoms with E-state index in [4.69, 9.17) is 9.15 Å². The first-order valence-electron chi connectivity index (χ1n) is 9.87. The van der Waals surface area contributed by atoms with Crippen molar-refractivity contribution in [2.75, 3.05) is 6.61 Å². The molecule has 154 valence electrons. The van der Waals surface area contributed by atoms with Crippen LogP contribution in [0.25, 0.3) is 22.0 Å². The van der Waals surface area contributed by atoms with Crippen LogP contribution in [0.15, 0.2) is 64.4 Å². The minimum absolute atomic E-state index is 0.469. The molecule has 0 spiro atoms. The molecule has 0 N–H and O–H groups in total. The van der Waals surface area contributed by atoms with E-state index in [1.54, 1.807) is 11.3 Å². The third-order valence-corrected chi connectivity index (χ3v) is 6.64. The van der Waals surface area contributed by atoms with Crippen LogP contribution < -0.4 is 4.74 Å². The van der Waals surface area contributed by atoms with Crippen LogP contribution in [0, 0.1) is 0 Å². The van der Waals surface area contributed by atoms with E-state index in [1.165, 1.54) is 17.3 Å². The van der Waals surface area contributed by atoms with E-state index in [0.29, 0.717) is 23.6 Å². The van der Waals surface area contributed by atoms with E-state index >= 15 is 0 Å². The van der Waals surface area contributed by atoms with Crippen molar-refractivity contribution in [1.29, 1.82) is 0 Å². The summed E-state index contributed by atoms with van der Waals surface area (Å²) < 4.78 is 11.5. The fraction of sp³-hybridized carbons (Fsp3) is 0.261. The molecule has 5 nitrogen and oxygen atoms in total. The van der Waals surface area contributed by atoms with Gasteiger partial charge < -0.3 is 9.15 Å². The van der Waals surface area contributed by atoms with Crippen molar-refractivity contribution in [3.63, 3.8) is 0 Å². The van der Waals surface area contributed by atoms with Gasteiger partial charge in [-0.05, 0) is 30.5 Å². The Morgan fingerprint density at radius 3 is 2.63 bits per heavy atom. The smallest absolute Gasteiger partial charge is 0.277 e. The molecule has 0 bridgehead atoms. The molecule has 4 rings (SSSR count). The van der Waals surface area contributed by atoms with E-state index in [-0.39, 0.29) is 0 Å². The highest BCUT2D eigenvalue weighted by atomic mass is 32.2. The lowest BCUT2D eigenvalue weighted by molar-refractivity contribution is 0.340. The average Bonchev–Trinajstić information content (AvgIpc) is 3.43. The van der Waals surface area contributed by atoms with Gasteiger partial charge in [-0.1, -0.05) is 62.0 Å². The van der Waals surface area contributed by atoms with E-state index in [0.717, 1.165) is 32.5 Å². The summed E-state index contributed by atoms with van der Waals surface area (Å²) in [6.45, 7) is 6.94. The zero-order chi connectivity index (χ0) is 20.9. The predicted octanol–water partition coefficient (Wildman–Crippen LogP) is 6.67. The van der Waals surface area contributed by atoms with E-state index in [9.17, 15) is 0 Å². The van der Waals surface area contributed by atoms with Crippen LogP contribution >= 0.6 is 23.1 Å². The Balaban J connectivity index is 1.42. The Hall–Kier alpha value is -2.64. The van der Waals surface area contributed by atoms with Crippen LogP contribution in [-0.2, 0) is 5.75 Å². The van der Waals surface area contributed by atoms with Gasteiger partial charge in [-0.15, -0.1) is 21.5 Å². The van der Waals surface area contributed by atoms with E-state index in [1.807, 2.05) is 37.4 Å². The van der Waals surface area contributed by atoms with Crippen LogP contribution in [0.5, 0.6) is 5.75 Å². The molecule has 0 fully saturated rings. The number of nitrogens with zero attached hydrogens (tertiary/aromatic N) is 3. The normalized spacial score (nSPS) is 11.2. The number of hydrogen-bond donors (Lipinski definition) is 0. The first-order valence-corrected chi connectivity index (χ1v) is 11.7. The number of thioether (sulfide) groups is 1. The standard InChI is InChI=1S/C23H23N3O2S2/c1-4-27-20-8-6-5-7-19(20)21-25-26-23(28-21)29-14-18-13-24-22(30-18)17-11-9-16(10-12-17)15(2)3/h5-13,15H,4,14H2,1-3H3. The second kappa shape index (κ2) is 9.45. The maximum atomic E-state index is 5.85. The van der Waals surface area contributed by atoms with Crippen molar-refractivity contribution in [1.82, 2.24) is 15.2 Å². The molecule has 0 atom stereocenters. The van der Waals surface area contributed by atoms with Gasteiger partial charge in [0.1, 0.15) is 10.8 Å². The van der Waals surface area contributed by atoms with Gasteiger partial charge in [0.2, 0.25) is 0 Å². The highest BCUT2D eigenvalue weighted by Gasteiger charge is 2.14. The van der Waals surface area contributed by atoms with Crippen LogP contribution in [-0.4, -0.2) is 21.8 Å². The molecule has 30 heavy (non-hydrogen) atoms. The summed E-state index contributed by atoms with van der Waals surface area (Å²) in [5.74, 6) is 2.48. The van der Waals surface area contributed by atoms with E-state index < -0.39 is 0 Å². The number of aromatic nitrogens is 3. The zero-order valence-corrected chi connectivity index (χ0v) is 18.8. The number of thiazole rings is 1. The summed E-state index contributed by atoms with van der Waals surface area (Å²) in [4.78, 5) is 5.74. The molecule has 0 aliphatic heterocycles. The third-order valence-electron chi connectivity index (χ3n) is 4.54. The van der Waals surface area contributed by atoms with Crippen LogP contribution in [0.4, 0.5) is 0 Å². The zero-order valence-electron chi connectivity index (χ0n) is 17.2.